The number of ether oxygens (including phenoxy) is 2. The molecule has 35 heavy (non-hydrogen) atoms. The number of urea groups is 1. The highest BCUT2D eigenvalue weighted by molar-refractivity contribution is 7.94. The molecular formula is C22H34N6O6S. The van der Waals surface area contributed by atoms with Crippen LogP contribution in [0.2, 0.25) is 0 Å². The second-order valence-corrected chi connectivity index (χ2v) is 10.4. The fourth-order valence-electron chi connectivity index (χ4n) is 3.38. The summed E-state index contributed by atoms with van der Waals surface area (Å²) in [5, 5.41) is 15.7. The van der Waals surface area contributed by atoms with E-state index in [4.69, 9.17) is 14.9 Å². The molecule has 1 atom stereocenters. The van der Waals surface area contributed by atoms with Crippen LogP contribution in [0.5, 0.6) is 5.88 Å². The molecule has 0 bridgehead atoms. The molecule has 12 nitrogen and oxygen atoms in total. The number of carbonyl (C=O) groups is 2. The van der Waals surface area contributed by atoms with Crippen LogP contribution in [0.3, 0.4) is 0 Å². The molecule has 1 fully saturated rings. The zero-order valence-electron chi connectivity index (χ0n) is 20.8. The third-order valence-corrected chi connectivity index (χ3v) is 6.53. The minimum absolute atomic E-state index is 0.0131. The average Bonchev–Trinajstić information content (AvgIpc) is 2.78. The van der Waals surface area contributed by atoms with E-state index in [2.05, 4.69) is 20.9 Å². The number of aromatic nitrogens is 1. The van der Waals surface area contributed by atoms with Crippen molar-refractivity contribution in [3.63, 3.8) is 0 Å². The zero-order chi connectivity index (χ0) is 26.3. The molecular weight excluding hydrogens is 476 g/mol. The first-order chi connectivity index (χ1) is 16.4. The average molecular weight is 511 g/mol. The second kappa shape index (κ2) is 11.9. The van der Waals surface area contributed by atoms with Gasteiger partial charge in [0.05, 0.1) is 25.1 Å². The van der Waals surface area contributed by atoms with Crippen LogP contribution in [0.25, 0.3) is 0 Å². The molecule has 3 amide bonds. The SMILES string of the molecule is COc1cc(C(C)C)c(NC(=O)NS(=O)(=O)/C(C=N)=C2/NCC(CNC(C)=O)CO2)c(C(C)C)n1. The topological polar surface area (TPSA) is 172 Å². The molecule has 2 rings (SSSR count). The molecule has 1 aromatic heterocycles. The summed E-state index contributed by atoms with van der Waals surface area (Å²) in [6, 6.07) is 0.697. The first-order valence-electron chi connectivity index (χ1n) is 11.2. The molecule has 5 N–H and O–H groups in total. The van der Waals surface area contributed by atoms with Crippen molar-refractivity contribution in [2.24, 2.45) is 5.92 Å². The Hall–Kier alpha value is -3.35. The van der Waals surface area contributed by atoms with Gasteiger partial charge in [0, 0.05) is 38.2 Å². The molecule has 1 aliphatic rings. The number of sulfonamides is 1. The number of hydrogen-bond donors (Lipinski definition) is 5. The van der Waals surface area contributed by atoms with Gasteiger partial charge in [-0.1, -0.05) is 27.7 Å². The van der Waals surface area contributed by atoms with Crippen LogP contribution in [-0.2, 0) is 19.6 Å². The number of carbonyl (C=O) groups excluding carboxylic acids is 2. The van der Waals surface area contributed by atoms with Crippen LogP contribution in [0.15, 0.2) is 16.9 Å². The first kappa shape index (κ1) is 27.9. The van der Waals surface area contributed by atoms with Crippen molar-refractivity contribution in [3.05, 3.63) is 28.1 Å². The van der Waals surface area contributed by atoms with Crippen LogP contribution in [0.4, 0.5) is 10.5 Å². The van der Waals surface area contributed by atoms with Gasteiger partial charge in [-0.25, -0.2) is 22.9 Å². The number of pyridine rings is 1. The molecule has 0 saturated carbocycles. The maximum absolute atomic E-state index is 12.9. The highest BCUT2D eigenvalue weighted by Crippen LogP contribution is 2.34. The Morgan fingerprint density at radius 3 is 2.49 bits per heavy atom. The van der Waals surface area contributed by atoms with Crippen LogP contribution in [0.1, 0.15) is 57.7 Å². The lowest BCUT2D eigenvalue weighted by Gasteiger charge is -2.27. The molecule has 1 aliphatic heterocycles. The van der Waals surface area contributed by atoms with E-state index in [1.807, 2.05) is 32.4 Å². The summed E-state index contributed by atoms with van der Waals surface area (Å²) in [5.41, 5.74) is 1.69. The minimum atomic E-state index is -4.44. The predicted octanol–water partition coefficient (Wildman–Crippen LogP) is 1.98. The summed E-state index contributed by atoms with van der Waals surface area (Å²) < 4.78 is 38.5. The van der Waals surface area contributed by atoms with E-state index >= 15 is 0 Å². The lowest BCUT2D eigenvalue weighted by atomic mass is 9.97. The van der Waals surface area contributed by atoms with E-state index in [9.17, 15) is 18.0 Å². The third kappa shape index (κ3) is 7.31. The smallest absolute Gasteiger partial charge is 0.333 e. The van der Waals surface area contributed by atoms with Gasteiger partial charge in [0.1, 0.15) is 0 Å². The highest BCUT2D eigenvalue weighted by atomic mass is 32.2. The Morgan fingerprint density at radius 1 is 1.31 bits per heavy atom. The summed E-state index contributed by atoms with van der Waals surface area (Å²) in [6.45, 7) is 9.87. The number of anilines is 1. The number of hydrogen-bond acceptors (Lipinski definition) is 9. The number of allylic oxidation sites excluding steroid dienone is 1. The van der Waals surface area contributed by atoms with E-state index in [0.717, 1.165) is 5.56 Å². The van der Waals surface area contributed by atoms with Crippen LogP contribution < -0.4 is 25.4 Å². The van der Waals surface area contributed by atoms with Crippen molar-refractivity contribution in [1.29, 1.82) is 5.41 Å². The van der Waals surface area contributed by atoms with Crippen molar-refractivity contribution < 1.29 is 27.5 Å². The summed E-state index contributed by atoms with van der Waals surface area (Å²) in [4.78, 5) is 27.8. The van der Waals surface area contributed by atoms with Gasteiger partial charge in [-0.15, -0.1) is 0 Å². The van der Waals surface area contributed by atoms with Crippen molar-refractivity contribution in [2.75, 3.05) is 32.1 Å². The number of nitrogens with zero attached hydrogens (tertiary/aromatic N) is 1. The summed E-state index contributed by atoms with van der Waals surface area (Å²) in [7, 11) is -2.94. The molecule has 0 radical (unpaired) electrons. The van der Waals surface area contributed by atoms with Crippen LogP contribution >= 0.6 is 0 Å². The molecule has 0 aliphatic carbocycles. The number of nitrogens with one attached hydrogen (secondary N) is 5. The number of methoxy groups -OCH3 is 1. The van der Waals surface area contributed by atoms with Gasteiger partial charge in [0.25, 0.3) is 10.0 Å². The minimum Gasteiger partial charge on any atom is -0.481 e. The first-order valence-corrected chi connectivity index (χ1v) is 12.7. The summed E-state index contributed by atoms with van der Waals surface area (Å²) >= 11 is 0. The van der Waals surface area contributed by atoms with E-state index in [1.54, 1.807) is 6.07 Å². The van der Waals surface area contributed by atoms with Gasteiger partial charge in [-0.2, -0.15) is 0 Å². The molecule has 2 heterocycles. The Labute approximate surface area is 205 Å². The van der Waals surface area contributed by atoms with Crippen molar-refractivity contribution >= 4 is 33.9 Å². The van der Waals surface area contributed by atoms with Crippen molar-refractivity contribution in [1.82, 2.24) is 20.3 Å². The molecule has 0 aromatic carbocycles. The molecule has 0 spiro atoms. The molecule has 194 valence electrons. The molecule has 13 heteroatoms. The van der Waals surface area contributed by atoms with E-state index in [0.29, 0.717) is 36.6 Å². The van der Waals surface area contributed by atoms with E-state index in [-0.39, 0.29) is 36.2 Å². The van der Waals surface area contributed by atoms with Crippen molar-refractivity contribution in [3.8, 4) is 5.88 Å². The van der Waals surface area contributed by atoms with E-state index < -0.39 is 21.0 Å². The van der Waals surface area contributed by atoms with Crippen LogP contribution in [0, 0.1) is 11.3 Å². The molecule has 1 aromatic rings. The fourth-order valence-corrected chi connectivity index (χ4v) is 4.32. The van der Waals surface area contributed by atoms with Gasteiger partial charge in [0.15, 0.2) is 4.91 Å². The zero-order valence-corrected chi connectivity index (χ0v) is 21.6. The normalized spacial score (nSPS) is 17.2. The lowest BCUT2D eigenvalue weighted by molar-refractivity contribution is -0.119. The monoisotopic (exact) mass is 510 g/mol. The quantitative estimate of drug-likeness (QED) is 0.314. The van der Waals surface area contributed by atoms with Crippen molar-refractivity contribution in [2.45, 2.75) is 46.5 Å². The third-order valence-electron chi connectivity index (χ3n) is 5.20. The summed E-state index contributed by atoms with van der Waals surface area (Å²) in [5.74, 6) is -0.113. The highest BCUT2D eigenvalue weighted by Gasteiger charge is 2.29. The molecule has 1 unspecified atom stereocenters. The maximum Gasteiger partial charge on any atom is 0.333 e. The Morgan fingerprint density at radius 2 is 2.00 bits per heavy atom. The van der Waals surface area contributed by atoms with Gasteiger partial charge in [-0.3, -0.25) is 4.79 Å². The molecule has 1 saturated heterocycles. The van der Waals surface area contributed by atoms with Gasteiger partial charge < -0.3 is 30.8 Å². The largest absolute Gasteiger partial charge is 0.481 e. The fraction of sp³-hybridized carbons (Fsp3) is 0.545. The lowest BCUT2D eigenvalue weighted by Crippen LogP contribution is -2.42. The van der Waals surface area contributed by atoms with E-state index in [1.165, 1.54) is 14.0 Å². The Kier molecular flexibility index (Phi) is 9.46. The Balaban J connectivity index is 2.24. The van der Waals surface area contributed by atoms with Gasteiger partial charge in [-0.05, 0) is 17.4 Å². The number of amides is 3. The van der Waals surface area contributed by atoms with Gasteiger partial charge in [0.2, 0.25) is 17.7 Å². The number of rotatable bonds is 9. The standard InChI is InChI=1S/C22H34N6O6S/c1-12(2)16-7-18(33-6)26-19(13(3)4)20(16)27-22(30)28-35(31,32)17(8-23)21-25-10-15(11-34-21)9-24-14(5)29/h7-8,12-13,15,23,25H,9-11H2,1-6H3,(H,24,29)(H2,27,28,30)/b21-17-,23-8?. The predicted molar refractivity (Wildman–Crippen MR) is 132 cm³/mol. The second-order valence-electron chi connectivity index (χ2n) is 8.72. The maximum atomic E-state index is 12.9. The Bertz CT molecular complexity index is 1060. The summed E-state index contributed by atoms with van der Waals surface area (Å²) in [6.07, 6.45) is 0.597. The van der Waals surface area contributed by atoms with Gasteiger partial charge >= 0.3 is 6.03 Å². The van der Waals surface area contributed by atoms with Crippen LogP contribution in [-0.4, -0.2) is 58.4 Å².